The summed E-state index contributed by atoms with van der Waals surface area (Å²) in [5.74, 6) is -1.34. The zero-order valence-corrected chi connectivity index (χ0v) is 8.98. The standard InChI is InChI=1S/C11H11FN2O3/c12-8-1-2-9(13)7(3-8)4-14-10(15)5-17-6-11(14)16/h1-3H,4-6,13H2. The number of amides is 2. The Morgan fingerprint density at radius 1 is 1.29 bits per heavy atom. The van der Waals surface area contributed by atoms with Gasteiger partial charge in [0, 0.05) is 5.69 Å². The smallest absolute Gasteiger partial charge is 0.255 e. The number of halogens is 1. The van der Waals surface area contributed by atoms with Crippen molar-refractivity contribution in [2.45, 2.75) is 6.54 Å². The van der Waals surface area contributed by atoms with Crippen molar-refractivity contribution in [2.24, 2.45) is 0 Å². The molecule has 0 aromatic heterocycles. The molecule has 0 unspecified atom stereocenters. The first kappa shape index (κ1) is 11.5. The lowest BCUT2D eigenvalue weighted by molar-refractivity contribution is -0.159. The Morgan fingerprint density at radius 2 is 1.94 bits per heavy atom. The maximum Gasteiger partial charge on any atom is 0.255 e. The van der Waals surface area contributed by atoms with Gasteiger partial charge in [-0.3, -0.25) is 14.5 Å². The molecule has 0 bridgehead atoms. The van der Waals surface area contributed by atoms with Gasteiger partial charge in [-0.25, -0.2) is 4.39 Å². The van der Waals surface area contributed by atoms with E-state index >= 15 is 0 Å². The minimum Gasteiger partial charge on any atom is -0.398 e. The first-order valence-electron chi connectivity index (χ1n) is 5.03. The molecule has 5 nitrogen and oxygen atoms in total. The summed E-state index contributed by atoms with van der Waals surface area (Å²) in [4.78, 5) is 23.9. The number of hydrogen-bond acceptors (Lipinski definition) is 4. The SMILES string of the molecule is Nc1ccc(F)cc1CN1C(=O)COCC1=O. The first-order valence-corrected chi connectivity index (χ1v) is 5.03. The molecule has 1 aromatic carbocycles. The summed E-state index contributed by atoms with van der Waals surface area (Å²) in [6, 6.07) is 3.84. The molecule has 17 heavy (non-hydrogen) atoms. The van der Waals surface area contributed by atoms with E-state index in [4.69, 9.17) is 10.5 Å². The van der Waals surface area contributed by atoms with E-state index in [0.717, 1.165) is 4.90 Å². The van der Waals surface area contributed by atoms with E-state index in [1.807, 2.05) is 0 Å². The summed E-state index contributed by atoms with van der Waals surface area (Å²) in [6.07, 6.45) is 0. The Hall–Kier alpha value is -1.95. The maximum atomic E-state index is 13.0. The van der Waals surface area contributed by atoms with Crippen molar-refractivity contribution in [1.29, 1.82) is 0 Å². The molecule has 0 aliphatic carbocycles. The van der Waals surface area contributed by atoms with Crippen LogP contribution < -0.4 is 5.73 Å². The molecule has 2 rings (SSSR count). The average molecular weight is 238 g/mol. The van der Waals surface area contributed by atoms with E-state index < -0.39 is 17.6 Å². The predicted molar refractivity (Wildman–Crippen MR) is 57.2 cm³/mol. The van der Waals surface area contributed by atoms with Gasteiger partial charge in [-0.05, 0) is 23.8 Å². The van der Waals surface area contributed by atoms with Crippen LogP contribution >= 0.6 is 0 Å². The van der Waals surface area contributed by atoms with Gasteiger partial charge in [0.25, 0.3) is 11.8 Å². The van der Waals surface area contributed by atoms with Crippen molar-refractivity contribution in [3.05, 3.63) is 29.6 Å². The van der Waals surface area contributed by atoms with E-state index in [9.17, 15) is 14.0 Å². The molecule has 0 atom stereocenters. The molecule has 2 N–H and O–H groups in total. The zero-order chi connectivity index (χ0) is 12.4. The Balaban J connectivity index is 2.21. The summed E-state index contributed by atoms with van der Waals surface area (Å²) < 4.78 is 17.8. The number of nitrogen functional groups attached to an aromatic ring is 1. The number of ether oxygens (including phenoxy) is 1. The second-order valence-corrected chi connectivity index (χ2v) is 3.71. The van der Waals surface area contributed by atoms with Crippen LogP contribution in [-0.4, -0.2) is 29.9 Å². The molecule has 1 heterocycles. The number of nitrogens with two attached hydrogens (primary N) is 1. The summed E-state index contributed by atoms with van der Waals surface area (Å²) in [6.45, 7) is -0.299. The minimum absolute atomic E-state index is 0.0232. The normalized spacial score (nSPS) is 16.4. The number of morpholine rings is 1. The van der Waals surface area contributed by atoms with Crippen LogP contribution in [0.1, 0.15) is 5.56 Å². The molecule has 1 fully saturated rings. The fraction of sp³-hybridized carbons (Fsp3) is 0.273. The number of anilines is 1. The monoisotopic (exact) mass is 238 g/mol. The molecular formula is C11H11FN2O3. The van der Waals surface area contributed by atoms with Gasteiger partial charge in [-0.2, -0.15) is 0 Å². The molecule has 0 radical (unpaired) electrons. The van der Waals surface area contributed by atoms with E-state index in [0.29, 0.717) is 11.3 Å². The highest BCUT2D eigenvalue weighted by Gasteiger charge is 2.27. The zero-order valence-electron chi connectivity index (χ0n) is 8.98. The third kappa shape index (κ3) is 2.42. The van der Waals surface area contributed by atoms with Crippen molar-refractivity contribution >= 4 is 17.5 Å². The summed E-state index contributed by atoms with van der Waals surface area (Å²) in [5, 5.41) is 0. The van der Waals surface area contributed by atoms with Gasteiger partial charge in [-0.1, -0.05) is 0 Å². The van der Waals surface area contributed by atoms with Gasteiger partial charge in [0.15, 0.2) is 0 Å². The molecule has 1 saturated heterocycles. The van der Waals surface area contributed by atoms with Gasteiger partial charge in [-0.15, -0.1) is 0 Å². The highest BCUT2D eigenvalue weighted by molar-refractivity contribution is 5.98. The summed E-state index contributed by atoms with van der Waals surface area (Å²) >= 11 is 0. The Morgan fingerprint density at radius 3 is 2.59 bits per heavy atom. The van der Waals surface area contributed by atoms with Gasteiger partial charge in [0.05, 0.1) is 6.54 Å². The fourth-order valence-electron chi connectivity index (χ4n) is 1.58. The van der Waals surface area contributed by atoms with Crippen LogP contribution in [0, 0.1) is 5.82 Å². The number of imide groups is 1. The lowest BCUT2D eigenvalue weighted by Gasteiger charge is -2.25. The van der Waals surface area contributed by atoms with Crippen LogP contribution in [-0.2, 0) is 20.9 Å². The second kappa shape index (κ2) is 4.50. The Bertz CT molecular complexity index is 460. The second-order valence-electron chi connectivity index (χ2n) is 3.71. The van der Waals surface area contributed by atoms with E-state index in [1.54, 1.807) is 0 Å². The number of carbonyl (C=O) groups is 2. The number of rotatable bonds is 2. The van der Waals surface area contributed by atoms with Crippen LogP contribution in [0.3, 0.4) is 0 Å². The largest absolute Gasteiger partial charge is 0.398 e. The molecule has 0 spiro atoms. The van der Waals surface area contributed by atoms with Crippen LogP contribution in [0.15, 0.2) is 18.2 Å². The maximum absolute atomic E-state index is 13.0. The Labute approximate surface area is 97.0 Å². The highest BCUT2D eigenvalue weighted by atomic mass is 19.1. The molecule has 6 heteroatoms. The molecule has 1 aliphatic rings. The first-order chi connectivity index (χ1) is 8.08. The molecule has 1 aromatic rings. The number of nitrogens with zero attached hydrogens (tertiary/aromatic N) is 1. The van der Waals surface area contributed by atoms with Crippen molar-refractivity contribution in [3.63, 3.8) is 0 Å². The van der Waals surface area contributed by atoms with E-state index in [-0.39, 0.29) is 19.8 Å². The predicted octanol–water partition coefficient (Wildman–Crippen LogP) is 0.293. The van der Waals surface area contributed by atoms with E-state index in [1.165, 1.54) is 18.2 Å². The lowest BCUT2D eigenvalue weighted by atomic mass is 10.1. The third-order valence-electron chi connectivity index (χ3n) is 2.49. The van der Waals surface area contributed by atoms with Crippen molar-refractivity contribution < 1.29 is 18.7 Å². The lowest BCUT2D eigenvalue weighted by Crippen LogP contribution is -2.45. The molecule has 2 amide bonds. The van der Waals surface area contributed by atoms with Crippen LogP contribution in [0.2, 0.25) is 0 Å². The van der Waals surface area contributed by atoms with Gasteiger partial charge < -0.3 is 10.5 Å². The number of carbonyl (C=O) groups excluding carboxylic acids is 2. The van der Waals surface area contributed by atoms with Crippen molar-refractivity contribution in [1.82, 2.24) is 4.90 Å². The minimum atomic E-state index is -0.456. The summed E-state index contributed by atoms with van der Waals surface area (Å²) in [5.41, 5.74) is 6.41. The van der Waals surface area contributed by atoms with Gasteiger partial charge in [0.1, 0.15) is 19.0 Å². The molecule has 90 valence electrons. The molecular weight excluding hydrogens is 227 g/mol. The topological polar surface area (TPSA) is 72.6 Å². The van der Waals surface area contributed by atoms with Crippen molar-refractivity contribution in [3.8, 4) is 0 Å². The number of hydrogen-bond donors (Lipinski definition) is 1. The van der Waals surface area contributed by atoms with Crippen LogP contribution in [0.25, 0.3) is 0 Å². The average Bonchev–Trinajstić information content (AvgIpc) is 2.28. The van der Waals surface area contributed by atoms with E-state index in [2.05, 4.69) is 0 Å². The Kier molecular flexibility index (Phi) is 3.06. The van der Waals surface area contributed by atoms with Gasteiger partial charge >= 0.3 is 0 Å². The van der Waals surface area contributed by atoms with Gasteiger partial charge in [0.2, 0.25) is 0 Å². The van der Waals surface area contributed by atoms with Crippen LogP contribution in [0.5, 0.6) is 0 Å². The molecule has 0 saturated carbocycles. The molecule has 1 aliphatic heterocycles. The highest BCUT2D eigenvalue weighted by Crippen LogP contribution is 2.17. The summed E-state index contributed by atoms with van der Waals surface area (Å²) in [7, 11) is 0. The quantitative estimate of drug-likeness (QED) is 0.594. The number of benzene rings is 1. The van der Waals surface area contributed by atoms with Crippen LogP contribution in [0.4, 0.5) is 10.1 Å². The fourth-order valence-corrected chi connectivity index (χ4v) is 1.58. The third-order valence-corrected chi connectivity index (χ3v) is 2.49. The van der Waals surface area contributed by atoms with Crippen molar-refractivity contribution in [2.75, 3.05) is 18.9 Å².